The Kier molecular flexibility index (Phi) is 8.42. The van der Waals surface area contributed by atoms with Gasteiger partial charge in [-0.05, 0) is 29.7 Å². The summed E-state index contributed by atoms with van der Waals surface area (Å²) in [6, 6.07) is 17.3. The molecular weight excluding hydrogens is 320 g/mol. The molecule has 0 radical (unpaired) electrons. The summed E-state index contributed by atoms with van der Waals surface area (Å²) in [5, 5.41) is 19.9. The van der Waals surface area contributed by atoms with E-state index in [2.05, 4.69) is 0 Å². The number of hydrogen-bond acceptors (Lipinski definition) is 5. The highest BCUT2D eigenvalue weighted by atomic mass is 16.5. The van der Waals surface area contributed by atoms with Crippen molar-refractivity contribution in [2.75, 3.05) is 20.3 Å². The maximum atomic E-state index is 9.95. The molecule has 0 spiro atoms. The molecular formula is C20H26O5. The van der Waals surface area contributed by atoms with E-state index in [0.717, 1.165) is 16.9 Å². The molecule has 0 amide bonds. The molecule has 2 aromatic carbocycles. The summed E-state index contributed by atoms with van der Waals surface area (Å²) in [5.74, 6) is 0.787. The summed E-state index contributed by atoms with van der Waals surface area (Å²) < 4.78 is 16.1. The van der Waals surface area contributed by atoms with E-state index in [1.54, 1.807) is 7.11 Å². The third-order valence-electron chi connectivity index (χ3n) is 3.83. The van der Waals surface area contributed by atoms with Gasteiger partial charge in [-0.25, -0.2) is 0 Å². The highest BCUT2D eigenvalue weighted by Gasteiger charge is 2.16. The number of ether oxygens (including phenoxy) is 3. The summed E-state index contributed by atoms with van der Waals surface area (Å²) in [6.07, 6.45) is -1.44. The topological polar surface area (TPSA) is 68.2 Å². The molecule has 136 valence electrons. The fourth-order valence-electron chi connectivity index (χ4n) is 2.29. The fraction of sp³-hybridized carbons (Fsp3) is 0.400. The highest BCUT2D eigenvalue weighted by molar-refractivity contribution is 5.26. The van der Waals surface area contributed by atoms with Gasteiger partial charge >= 0.3 is 0 Å². The lowest BCUT2D eigenvalue weighted by molar-refractivity contribution is -0.0537. The van der Waals surface area contributed by atoms with Gasteiger partial charge in [-0.15, -0.1) is 0 Å². The van der Waals surface area contributed by atoms with Gasteiger partial charge in [-0.1, -0.05) is 42.5 Å². The van der Waals surface area contributed by atoms with Crippen LogP contribution in [0.1, 0.15) is 17.5 Å². The summed E-state index contributed by atoms with van der Waals surface area (Å²) >= 11 is 0. The first-order chi connectivity index (χ1) is 12.2. The molecule has 0 aliphatic carbocycles. The predicted octanol–water partition coefficient (Wildman–Crippen LogP) is 2.54. The van der Waals surface area contributed by atoms with Gasteiger partial charge in [-0.2, -0.15) is 0 Å². The smallest absolute Gasteiger partial charge is 0.118 e. The number of aliphatic hydroxyl groups is 2. The summed E-state index contributed by atoms with van der Waals surface area (Å²) in [7, 11) is 1.62. The number of methoxy groups -OCH3 is 1. The van der Waals surface area contributed by atoms with Gasteiger partial charge in [0.05, 0.1) is 33.0 Å². The monoisotopic (exact) mass is 346 g/mol. The number of hydrogen-bond donors (Lipinski definition) is 2. The highest BCUT2D eigenvalue weighted by Crippen LogP contribution is 2.12. The van der Waals surface area contributed by atoms with Gasteiger partial charge in [0.1, 0.15) is 11.9 Å². The fourth-order valence-corrected chi connectivity index (χ4v) is 2.29. The zero-order valence-corrected chi connectivity index (χ0v) is 14.5. The van der Waals surface area contributed by atoms with Crippen LogP contribution in [0, 0.1) is 0 Å². The van der Waals surface area contributed by atoms with Crippen LogP contribution in [-0.2, 0) is 22.7 Å². The largest absolute Gasteiger partial charge is 0.497 e. The Bertz CT molecular complexity index is 585. The van der Waals surface area contributed by atoms with Crippen LogP contribution in [0.4, 0.5) is 0 Å². The summed E-state index contributed by atoms with van der Waals surface area (Å²) in [5.41, 5.74) is 2.06. The molecule has 0 aliphatic heterocycles. The molecule has 2 N–H and O–H groups in total. The molecule has 0 heterocycles. The quantitative estimate of drug-likeness (QED) is 0.612. The lowest BCUT2D eigenvalue weighted by Crippen LogP contribution is -2.31. The summed E-state index contributed by atoms with van der Waals surface area (Å²) in [6.45, 7) is 1.33. The maximum absolute atomic E-state index is 9.95. The van der Waals surface area contributed by atoms with Crippen molar-refractivity contribution in [3.05, 3.63) is 65.7 Å². The van der Waals surface area contributed by atoms with Gasteiger partial charge in [-0.3, -0.25) is 0 Å². The molecule has 25 heavy (non-hydrogen) atoms. The Morgan fingerprint density at radius 2 is 1.44 bits per heavy atom. The van der Waals surface area contributed by atoms with E-state index in [4.69, 9.17) is 14.2 Å². The minimum absolute atomic E-state index is 0.0753. The van der Waals surface area contributed by atoms with Gasteiger partial charge in [0, 0.05) is 6.61 Å². The molecule has 0 saturated heterocycles. The summed E-state index contributed by atoms with van der Waals surface area (Å²) in [4.78, 5) is 0. The van der Waals surface area contributed by atoms with Gasteiger partial charge < -0.3 is 24.4 Å². The first-order valence-corrected chi connectivity index (χ1v) is 8.37. The SMILES string of the molecule is COc1ccc(COC[C@@H](O)[C@@H](O)CCOCc2ccccc2)cc1. The normalized spacial score (nSPS) is 13.4. The van der Waals surface area contributed by atoms with Crippen molar-refractivity contribution < 1.29 is 24.4 Å². The van der Waals surface area contributed by atoms with E-state index in [1.807, 2.05) is 54.6 Å². The van der Waals surface area contributed by atoms with E-state index in [0.29, 0.717) is 26.2 Å². The Balaban J connectivity index is 1.58. The second-order valence-corrected chi connectivity index (χ2v) is 5.82. The molecule has 2 atom stereocenters. The van der Waals surface area contributed by atoms with E-state index in [1.165, 1.54) is 0 Å². The van der Waals surface area contributed by atoms with Crippen LogP contribution in [0.5, 0.6) is 5.75 Å². The van der Waals surface area contributed by atoms with Crippen LogP contribution < -0.4 is 4.74 Å². The molecule has 0 unspecified atom stereocenters. The second kappa shape index (κ2) is 10.8. The van der Waals surface area contributed by atoms with Crippen LogP contribution in [0.15, 0.2) is 54.6 Å². The van der Waals surface area contributed by atoms with Crippen molar-refractivity contribution in [3.63, 3.8) is 0 Å². The first-order valence-electron chi connectivity index (χ1n) is 8.37. The van der Waals surface area contributed by atoms with Crippen molar-refractivity contribution in [2.45, 2.75) is 31.8 Å². The molecule has 0 saturated carbocycles. The van der Waals surface area contributed by atoms with Crippen molar-refractivity contribution in [1.29, 1.82) is 0 Å². The molecule has 0 aliphatic rings. The lowest BCUT2D eigenvalue weighted by Gasteiger charge is -2.18. The molecule has 0 aromatic heterocycles. The van der Waals surface area contributed by atoms with Crippen molar-refractivity contribution in [2.24, 2.45) is 0 Å². The lowest BCUT2D eigenvalue weighted by atomic mass is 10.1. The van der Waals surface area contributed by atoms with Crippen LogP contribution in [-0.4, -0.2) is 42.7 Å². The predicted molar refractivity (Wildman–Crippen MR) is 95.4 cm³/mol. The number of aliphatic hydroxyl groups excluding tert-OH is 2. The molecule has 5 nitrogen and oxygen atoms in total. The van der Waals surface area contributed by atoms with E-state index in [-0.39, 0.29) is 6.61 Å². The molecule has 2 rings (SSSR count). The molecule has 0 bridgehead atoms. The Morgan fingerprint density at radius 1 is 0.800 bits per heavy atom. The van der Waals surface area contributed by atoms with Gasteiger partial charge in [0.25, 0.3) is 0 Å². The van der Waals surface area contributed by atoms with Crippen molar-refractivity contribution in [3.8, 4) is 5.75 Å². The molecule has 5 heteroatoms. The van der Waals surface area contributed by atoms with E-state index >= 15 is 0 Å². The van der Waals surface area contributed by atoms with Crippen LogP contribution >= 0.6 is 0 Å². The van der Waals surface area contributed by atoms with Crippen LogP contribution in [0.2, 0.25) is 0 Å². The van der Waals surface area contributed by atoms with Crippen LogP contribution in [0.25, 0.3) is 0 Å². The number of benzene rings is 2. The zero-order chi connectivity index (χ0) is 17.9. The third kappa shape index (κ3) is 7.23. The standard InChI is InChI=1S/C20H26O5/c1-23-18-9-7-17(8-10-18)14-25-15-20(22)19(21)11-12-24-13-16-5-3-2-4-6-16/h2-10,19-22H,11-15H2,1H3/t19-,20+/m0/s1. The Labute approximate surface area is 148 Å². The maximum Gasteiger partial charge on any atom is 0.118 e. The van der Waals surface area contributed by atoms with Gasteiger partial charge in [0.2, 0.25) is 0 Å². The Morgan fingerprint density at radius 3 is 2.12 bits per heavy atom. The average Bonchev–Trinajstić information content (AvgIpc) is 2.66. The minimum Gasteiger partial charge on any atom is -0.497 e. The first kappa shape index (κ1) is 19.4. The number of rotatable bonds is 11. The zero-order valence-electron chi connectivity index (χ0n) is 14.5. The third-order valence-corrected chi connectivity index (χ3v) is 3.83. The average molecular weight is 346 g/mol. The minimum atomic E-state index is -0.932. The molecule has 0 fully saturated rings. The van der Waals surface area contributed by atoms with E-state index in [9.17, 15) is 10.2 Å². The molecule has 2 aromatic rings. The van der Waals surface area contributed by atoms with Crippen LogP contribution in [0.3, 0.4) is 0 Å². The van der Waals surface area contributed by atoms with Gasteiger partial charge in [0.15, 0.2) is 0 Å². The second-order valence-electron chi connectivity index (χ2n) is 5.82. The van der Waals surface area contributed by atoms with Crippen molar-refractivity contribution >= 4 is 0 Å². The Hall–Kier alpha value is -1.92. The van der Waals surface area contributed by atoms with Crippen molar-refractivity contribution in [1.82, 2.24) is 0 Å². The van der Waals surface area contributed by atoms with E-state index < -0.39 is 12.2 Å².